The molecule has 1 saturated heterocycles. The molecule has 3 N–H and O–H groups in total. The number of rotatable bonds is 8. The average molecular weight is 568 g/mol. The van der Waals surface area contributed by atoms with Crippen LogP contribution < -0.4 is 10.6 Å². The summed E-state index contributed by atoms with van der Waals surface area (Å²) in [4.78, 5) is 33.2. The summed E-state index contributed by atoms with van der Waals surface area (Å²) in [6, 6.07) is 10.1. The number of halogens is 2. The van der Waals surface area contributed by atoms with Gasteiger partial charge in [-0.15, -0.1) is 0 Å². The summed E-state index contributed by atoms with van der Waals surface area (Å²) in [6.07, 6.45) is 4.72. The Bertz CT molecular complexity index is 1410. The van der Waals surface area contributed by atoms with Crippen LogP contribution in [0.1, 0.15) is 69.1 Å². The molecule has 218 valence electrons. The van der Waals surface area contributed by atoms with Crippen molar-refractivity contribution in [2.45, 2.75) is 75.6 Å². The second-order valence-corrected chi connectivity index (χ2v) is 12.1. The number of carbonyl (C=O) groups excluding carboxylic acids is 2. The zero-order valence-corrected chi connectivity index (χ0v) is 23.4. The molecule has 2 aliphatic rings. The number of nitrogens with zero attached hydrogens (tertiary/aromatic N) is 3. The number of amides is 2. The van der Waals surface area contributed by atoms with E-state index in [9.17, 15) is 23.5 Å². The van der Waals surface area contributed by atoms with E-state index >= 15 is 0 Å². The molecule has 1 aliphatic carbocycles. The van der Waals surface area contributed by atoms with E-state index in [0.717, 1.165) is 25.0 Å². The predicted octanol–water partition coefficient (Wildman–Crippen LogP) is 3.93. The van der Waals surface area contributed by atoms with Crippen molar-refractivity contribution >= 4 is 11.8 Å². The highest BCUT2D eigenvalue weighted by Gasteiger charge is 2.49. The van der Waals surface area contributed by atoms with Crippen molar-refractivity contribution in [2.75, 3.05) is 13.1 Å². The number of hydrogen-bond acceptors (Lipinski definition) is 7. The third-order valence-corrected chi connectivity index (χ3v) is 8.13. The van der Waals surface area contributed by atoms with Gasteiger partial charge in [0.2, 0.25) is 5.91 Å². The highest BCUT2D eigenvalue weighted by Crippen LogP contribution is 2.36. The van der Waals surface area contributed by atoms with Crippen LogP contribution in [0.15, 0.2) is 53.2 Å². The van der Waals surface area contributed by atoms with E-state index in [2.05, 4.69) is 25.7 Å². The normalized spacial score (nSPS) is 22.5. The fraction of sp³-hybridized carbons (Fsp3) is 0.467. The van der Waals surface area contributed by atoms with E-state index in [1.165, 1.54) is 12.1 Å². The second-order valence-electron chi connectivity index (χ2n) is 12.1. The van der Waals surface area contributed by atoms with Gasteiger partial charge in [-0.2, -0.15) is 0 Å². The molecular weight excluding hydrogens is 532 g/mol. The minimum Gasteiger partial charge on any atom is -0.390 e. The van der Waals surface area contributed by atoms with Crippen LogP contribution in [0.3, 0.4) is 0 Å². The lowest BCUT2D eigenvalue weighted by atomic mass is 9.78. The lowest BCUT2D eigenvalue weighted by Gasteiger charge is -2.54. The predicted molar refractivity (Wildman–Crippen MR) is 147 cm³/mol. The number of pyridine rings is 1. The van der Waals surface area contributed by atoms with Crippen molar-refractivity contribution in [1.29, 1.82) is 0 Å². The molecule has 41 heavy (non-hydrogen) atoms. The largest absolute Gasteiger partial charge is 0.390 e. The molecule has 3 heterocycles. The van der Waals surface area contributed by atoms with Crippen molar-refractivity contribution in [3.63, 3.8) is 0 Å². The van der Waals surface area contributed by atoms with Crippen LogP contribution in [0.25, 0.3) is 11.3 Å². The van der Waals surface area contributed by atoms with Crippen LogP contribution in [0, 0.1) is 11.6 Å². The van der Waals surface area contributed by atoms with Crippen LogP contribution in [-0.4, -0.2) is 62.2 Å². The topological polar surface area (TPSA) is 121 Å². The summed E-state index contributed by atoms with van der Waals surface area (Å²) in [7, 11) is 0. The molecule has 1 aromatic carbocycles. The van der Waals surface area contributed by atoms with Crippen molar-refractivity contribution in [3.05, 3.63) is 71.7 Å². The molecular formula is C30H35F2N5O4. The van der Waals surface area contributed by atoms with Gasteiger partial charge in [-0.25, -0.2) is 8.78 Å². The molecule has 0 atom stereocenters. The first-order valence-electron chi connectivity index (χ1n) is 13.8. The first-order chi connectivity index (χ1) is 19.3. The Kier molecular flexibility index (Phi) is 7.69. The van der Waals surface area contributed by atoms with Crippen LogP contribution in [0.5, 0.6) is 0 Å². The zero-order chi connectivity index (χ0) is 29.4. The Morgan fingerprint density at radius 2 is 1.88 bits per heavy atom. The van der Waals surface area contributed by atoms with Gasteiger partial charge in [0.05, 0.1) is 34.4 Å². The van der Waals surface area contributed by atoms with Gasteiger partial charge in [-0.3, -0.25) is 19.5 Å². The highest BCUT2D eigenvalue weighted by molar-refractivity contribution is 5.94. The van der Waals surface area contributed by atoms with E-state index in [1.807, 2.05) is 32.9 Å². The van der Waals surface area contributed by atoms with Crippen LogP contribution in [-0.2, 0) is 10.3 Å². The SMILES string of the molecule is CC1(O)CCC(N2CC(CC(=O)NC(C)(C)c3ccccn3)(NC(=O)c3cc(-c4ccc(F)cc4F)on3)C2)CC1. The molecule has 3 aromatic rings. The smallest absolute Gasteiger partial charge is 0.274 e. The third-order valence-electron chi connectivity index (χ3n) is 8.13. The maximum Gasteiger partial charge on any atom is 0.274 e. The van der Waals surface area contributed by atoms with Gasteiger partial charge in [-0.05, 0) is 70.7 Å². The van der Waals surface area contributed by atoms with Gasteiger partial charge in [0.25, 0.3) is 5.91 Å². The van der Waals surface area contributed by atoms with E-state index in [0.29, 0.717) is 31.6 Å². The number of likely N-dealkylation sites (tertiary alicyclic amines) is 1. The molecule has 11 heteroatoms. The summed E-state index contributed by atoms with van der Waals surface area (Å²) >= 11 is 0. The molecule has 0 radical (unpaired) electrons. The minimum absolute atomic E-state index is 0.0129. The monoisotopic (exact) mass is 567 g/mol. The molecule has 1 saturated carbocycles. The first-order valence-corrected chi connectivity index (χ1v) is 13.8. The molecule has 2 amide bonds. The Labute approximate surface area is 237 Å². The van der Waals surface area contributed by atoms with Gasteiger partial charge in [0.15, 0.2) is 11.5 Å². The van der Waals surface area contributed by atoms with Gasteiger partial charge in [-0.1, -0.05) is 11.2 Å². The van der Waals surface area contributed by atoms with E-state index in [-0.39, 0.29) is 35.4 Å². The van der Waals surface area contributed by atoms with Crippen LogP contribution >= 0.6 is 0 Å². The number of aromatic nitrogens is 2. The lowest BCUT2D eigenvalue weighted by molar-refractivity contribution is -0.127. The van der Waals surface area contributed by atoms with Crippen molar-refractivity contribution in [2.24, 2.45) is 0 Å². The quantitative estimate of drug-likeness (QED) is 0.377. The summed E-state index contributed by atoms with van der Waals surface area (Å²) in [6.45, 7) is 6.47. The number of hydrogen-bond donors (Lipinski definition) is 3. The van der Waals surface area contributed by atoms with Gasteiger partial charge < -0.3 is 20.3 Å². The Balaban J connectivity index is 1.31. The molecule has 5 rings (SSSR count). The third kappa shape index (κ3) is 6.46. The summed E-state index contributed by atoms with van der Waals surface area (Å²) in [5, 5.41) is 20.2. The fourth-order valence-corrected chi connectivity index (χ4v) is 5.81. The van der Waals surface area contributed by atoms with E-state index < -0.39 is 34.2 Å². The zero-order valence-electron chi connectivity index (χ0n) is 23.4. The van der Waals surface area contributed by atoms with E-state index in [4.69, 9.17) is 4.52 Å². The molecule has 0 unspecified atom stereocenters. The van der Waals surface area contributed by atoms with E-state index in [1.54, 1.807) is 12.3 Å². The lowest BCUT2D eigenvalue weighted by Crippen LogP contribution is -2.73. The first kappa shape index (κ1) is 28.8. The van der Waals surface area contributed by atoms with Crippen molar-refractivity contribution in [1.82, 2.24) is 25.7 Å². The van der Waals surface area contributed by atoms with Crippen LogP contribution in [0.2, 0.25) is 0 Å². The minimum atomic E-state index is -0.873. The second kappa shape index (κ2) is 10.9. The Morgan fingerprint density at radius 3 is 2.54 bits per heavy atom. The van der Waals surface area contributed by atoms with Crippen molar-refractivity contribution in [3.8, 4) is 11.3 Å². The summed E-state index contributed by atoms with van der Waals surface area (Å²) in [5.74, 6) is -2.39. The molecule has 1 aliphatic heterocycles. The number of aliphatic hydroxyl groups is 1. The summed E-state index contributed by atoms with van der Waals surface area (Å²) < 4.78 is 32.8. The highest BCUT2D eigenvalue weighted by atomic mass is 19.1. The Morgan fingerprint density at radius 1 is 1.15 bits per heavy atom. The fourth-order valence-electron chi connectivity index (χ4n) is 5.81. The Hall–Kier alpha value is -3.70. The molecule has 9 nitrogen and oxygen atoms in total. The summed E-state index contributed by atoms with van der Waals surface area (Å²) in [5.41, 5.74) is -1.67. The maximum atomic E-state index is 14.3. The molecule has 0 spiro atoms. The average Bonchev–Trinajstić information content (AvgIpc) is 3.37. The standard InChI is InChI=1S/C30H35F2N5O4/c1-28(2,25-6-4-5-13-33-25)34-26(38)16-30(17-37(18-30)20-9-11-29(3,40)12-10-20)35-27(39)23-15-24(41-36-23)21-8-7-19(31)14-22(21)32/h4-8,13-15,20,40H,9-12,16-18H2,1-3H3,(H,34,38)(H,35,39). The van der Waals surface area contributed by atoms with Crippen LogP contribution in [0.4, 0.5) is 8.78 Å². The van der Waals surface area contributed by atoms with Crippen molar-refractivity contribution < 1.29 is 28.0 Å². The maximum absolute atomic E-state index is 14.3. The number of carbonyl (C=O) groups is 2. The number of nitrogens with one attached hydrogen (secondary N) is 2. The molecule has 0 bridgehead atoms. The molecule has 2 aromatic heterocycles. The molecule has 2 fully saturated rings. The van der Waals surface area contributed by atoms with Gasteiger partial charge in [0.1, 0.15) is 11.6 Å². The van der Waals surface area contributed by atoms with Gasteiger partial charge >= 0.3 is 0 Å². The number of benzene rings is 1. The van der Waals surface area contributed by atoms with Gasteiger partial charge in [0, 0.05) is 37.5 Å².